The van der Waals surface area contributed by atoms with Crippen molar-refractivity contribution >= 4 is 11.9 Å². The van der Waals surface area contributed by atoms with Gasteiger partial charge in [-0.25, -0.2) is 8.78 Å². The van der Waals surface area contributed by atoms with Crippen molar-refractivity contribution in [2.24, 2.45) is 5.92 Å². The number of unbranched alkanes of at least 4 members (excludes halogenated alkanes) is 5. The number of esters is 1. The van der Waals surface area contributed by atoms with Gasteiger partial charge in [0.1, 0.15) is 11.6 Å². The Labute approximate surface area is 159 Å². The Kier molecular flexibility index (Phi) is 8.69. The van der Waals surface area contributed by atoms with Gasteiger partial charge in [-0.2, -0.15) is 0 Å². The lowest BCUT2D eigenvalue weighted by Crippen LogP contribution is -2.41. The molecule has 1 amide bonds. The first-order valence-corrected chi connectivity index (χ1v) is 9.94. The first kappa shape index (κ1) is 21.3. The van der Waals surface area contributed by atoms with Crippen molar-refractivity contribution in [1.29, 1.82) is 0 Å². The molecule has 1 aliphatic rings. The Morgan fingerprint density at radius 1 is 1.07 bits per heavy atom. The molecule has 1 aromatic carbocycles. The molecule has 1 aromatic rings. The number of ether oxygens (including phenoxy) is 1. The Bertz CT molecular complexity index is 628. The van der Waals surface area contributed by atoms with E-state index in [4.69, 9.17) is 4.74 Å². The highest BCUT2D eigenvalue weighted by molar-refractivity contribution is 5.94. The number of piperidine rings is 1. The summed E-state index contributed by atoms with van der Waals surface area (Å²) >= 11 is 0. The maximum absolute atomic E-state index is 13.8. The summed E-state index contributed by atoms with van der Waals surface area (Å²) in [5.74, 6) is -2.36. The number of hydrogen-bond acceptors (Lipinski definition) is 3. The van der Waals surface area contributed by atoms with Gasteiger partial charge in [-0.05, 0) is 37.5 Å². The summed E-state index contributed by atoms with van der Waals surface area (Å²) in [6.07, 6.45) is 7.77. The molecule has 0 saturated carbocycles. The molecule has 150 valence electrons. The Hall–Kier alpha value is -1.98. The number of hydrogen-bond donors (Lipinski definition) is 0. The third kappa shape index (κ3) is 6.60. The van der Waals surface area contributed by atoms with Gasteiger partial charge in [0.2, 0.25) is 0 Å². The summed E-state index contributed by atoms with van der Waals surface area (Å²) in [5, 5.41) is 0. The van der Waals surface area contributed by atoms with Crippen LogP contribution in [0.3, 0.4) is 0 Å². The van der Waals surface area contributed by atoms with Crippen molar-refractivity contribution < 1.29 is 23.1 Å². The highest BCUT2D eigenvalue weighted by Gasteiger charge is 2.29. The molecule has 0 spiro atoms. The maximum Gasteiger partial charge on any atom is 0.309 e. The van der Waals surface area contributed by atoms with Crippen LogP contribution in [0.2, 0.25) is 0 Å². The van der Waals surface area contributed by atoms with Gasteiger partial charge in [-0.3, -0.25) is 9.59 Å². The molecule has 1 saturated heterocycles. The van der Waals surface area contributed by atoms with Crippen LogP contribution >= 0.6 is 0 Å². The maximum atomic E-state index is 13.8. The Morgan fingerprint density at radius 3 is 2.44 bits per heavy atom. The summed E-state index contributed by atoms with van der Waals surface area (Å²) in [5.41, 5.74) is -0.265. The number of amides is 1. The van der Waals surface area contributed by atoms with E-state index in [-0.39, 0.29) is 17.5 Å². The second-order valence-corrected chi connectivity index (χ2v) is 7.13. The van der Waals surface area contributed by atoms with Gasteiger partial charge in [0.05, 0.1) is 18.1 Å². The topological polar surface area (TPSA) is 46.6 Å². The van der Waals surface area contributed by atoms with Gasteiger partial charge >= 0.3 is 5.97 Å². The van der Waals surface area contributed by atoms with Crippen molar-refractivity contribution in [3.63, 3.8) is 0 Å². The van der Waals surface area contributed by atoms with Crippen LogP contribution in [0.25, 0.3) is 0 Å². The fourth-order valence-electron chi connectivity index (χ4n) is 3.32. The molecule has 2 rings (SSSR count). The fraction of sp³-hybridized carbons (Fsp3) is 0.619. The lowest BCUT2D eigenvalue weighted by molar-refractivity contribution is -0.150. The number of likely N-dealkylation sites (tertiary alicyclic amines) is 1. The van der Waals surface area contributed by atoms with Gasteiger partial charge in [0.15, 0.2) is 0 Å². The van der Waals surface area contributed by atoms with Crippen LogP contribution in [0.5, 0.6) is 0 Å². The van der Waals surface area contributed by atoms with E-state index in [0.717, 1.165) is 31.0 Å². The minimum Gasteiger partial charge on any atom is -0.465 e. The lowest BCUT2D eigenvalue weighted by atomic mass is 9.96. The third-order valence-corrected chi connectivity index (χ3v) is 5.02. The molecule has 0 atom stereocenters. The third-order valence-electron chi connectivity index (χ3n) is 5.02. The average Bonchev–Trinajstić information content (AvgIpc) is 2.68. The van der Waals surface area contributed by atoms with E-state index in [0.29, 0.717) is 32.5 Å². The molecule has 0 bridgehead atoms. The molecule has 27 heavy (non-hydrogen) atoms. The Morgan fingerprint density at radius 2 is 1.74 bits per heavy atom. The van der Waals surface area contributed by atoms with E-state index >= 15 is 0 Å². The monoisotopic (exact) mass is 381 g/mol. The highest BCUT2D eigenvalue weighted by atomic mass is 19.1. The number of benzene rings is 1. The van der Waals surface area contributed by atoms with Crippen LogP contribution in [0.4, 0.5) is 8.78 Å². The zero-order valence-electron chi connectivity index (χ0n) is 16.0. The predicted octanol–water partition coefficient (Wildman–Crippen LogP) is 4.72. The predicted molar refractivity (Wildman–Crippen MR) is 99.3 cm³/mol. The van der Waals surface area contributed by atoms with Gasteiger partial charge in [0, 0.05) is 13.1 Å². The van der Waals surface area contributed by atoms with Crippen molar-refractivity contribution in [2.75, 3.05) is 19.7 Å². The summed E-state index contributed by atoms with van der Waals surface area (Å²) < 4.78 is 32.4. The molecule has 1 aliphatic heterocycles. The van der Waals surface area contributed by atoms with Crippen LogP contribution < -0.4 is 0 Å². The average molecular weight is 381 g/mol. The largest absolute Gasteiger partial charge is 0.465 e. The van der Waals surface area contributed by atoms with Crippen molar-refractivity contribution in [3.8, 4) is 0 Å². The molecular formula is C21H29F2NO3. The zero-order valence-corrected chi connectivity index (χ0v) is 16.0. The SMILES string of the molecule is CCCCCCCCOC(=O)C1CCN(C(=O)c2cc(F)ccc2F)CC1. The molecule has 0 aliphatic carbocycles. The highest BCUT2D eigenvalue weighted by Crippen LogP contribution is 2.22. The quantitative estimate of drug-likeness (QED) is 0.459. The van der Waals surface area contributed by atoms with Crippen molar-refractivity contribution in [2.45, 2.75) is 58.3 Å². The van der Waals surface area contributed by atoms with E-state index in [1.165, 1.54) is 30.6 Å². The minimum atomic E-state index is -0.734. The summed E-state index contributed by atoms with van der Waals surface area (Å²) in [7, 11) is 0. The Balaban J connectivity index is 1.70. The van der Waals surface area contributed by atoms with Crippen LogP contribution in [0.15, 0.2) is 18.2 Å². The molecule has 6 heteroatoms. The fourth-order valence-corrected chi connectivity index (χ4v) is 3.32. The normalized spacial score (nSPS) is 15.0. The van der Waals surface area contributed by atoms with Crippen LogP contribution in [-0.2, 0) is 9.53 Å². The second-order valence-electron chi connectivity index (χ2n) is 7.13. The zero-order chi connectivity index (χ0) is 19.6. The summed E-state index contributed by atoms with van der Waals surface area (Å²) in [6.45, 7) is 3.30. The van der Waals surface area contributed by atoms with E-state index in [9.17, 15) is 18.4 Å². The molecule has 4 nitrogen and oxygen atoms in total. The number of nitrogens with zero attached hydrogens (tertiary/aromatic N) is 1. The molecule has 0 aromatic heterocycles. The first-order valence-electron chi connectivity index (χ1n) is 9.94. The number of carbonyl (C=O) groups excluding carboxylic acids is 2. The molecular weight excluding hydrogens is 352 g/mol. The second kappa shape index (κ2) is 11.0. The van der Waals surface area contributed by atoms with E-state index < -0.39 is 17.5 Å². The van der Waals surface area contributed by atoms with Crippen LogP contribution in [0.1, 0.15) is 68.6 Å². The van der Waals surface area contributed by atoms with E-state index in [1.54, 1.807) is 0 Å². The molecule has 0 N–H and O–H groups in total. The molecule has 0 radical (unpaired) electrons. The van der Waals surface area contributed by atoms with E-state index in [2.05, 4.69) is 6.92 Å². The standard InChI is InChI=1S/C21H29F2NO3/c1-2-3-4-5-6-7-14-27-21(26)16-10-12-24(13-11-16)20(25)18-15-17(22)8-9-19(18)23/h8-9,15-16H,2-7,10-14H2,1H3. The van der Waals surface area contributed by atoms with Crippen molar-refractivity contribution in [1.82, 2.24) is 4.90 Å². The number of rotatable bonds is 9. The summed E-state index contributed by atoms with van der Waals surface area (Å²) in [4.78, 5) is 26.0. The minimum absolute atomic E-state index is 0.215. The van der Waals surface area contributed by atoms with Gasteiger partial charge < -0.3 is 9.64 Å². The molecule has 1 fully saturated rings. The van der Waals surface area contributed by atoms with Gasteiger partial charge in [-0.15, -0.1) is 0 Å². The smallest absolute Gasteiger partial charge is 0.309 e. The van der Waals surface area contributed by atoms with Crippen LogP contribution in [-0.4, -0.2) is 36.5 Å². The van der Waals surface area contributed by atoms with Crippen molar-refractivity contribution in [3.05, 3.63) is 35.4 Å². The lowest BCUT2D eigenvalue weighted by Gasteiger charge is -2.31. The molecule has 1 heterocycles. The number of carbonyl (C=O) groups is 2. The van der Waals surface area contributed by atoms with E-state index in [1.807, 2.05) is 0 Å². The molecule has 0 unspecified atom stereocenters. The number of halogens is 2. The van der Waals surface area contributed by atoms with Crippen LogP contribution in [0, 0.1) is 17.6 Å². The first-order chi connectivity index (χ1) is 13.0. The van der Waals surface area contributed by atoms with Gasteiger partial charge in [-0.1, -0.05) is 39.0 Å². The summed E-state index contributed by atoms with van der Waals surface area (Å²) in [6, 6.07) is 2.85. The van der Waals surface area contributed by atoms with Gasteiger partial charge in [0.25, 0.3) is 5.91 Å².